The topological polar surface area (TPSA) is 54.0 Å². The van der Waals surface area contributed by atoms with E-state index < -0.39 is 0 Å². The van der Waals surface area contributed by atoms with E-state index in [9.17, 15) is 4.79 Å². The van der Waals surface area contributed by atoms with E-state index in [-0.39, 0.29) is 11.8 Å². The molecule has 20 heavy (non-hydrogen) atoms. The quantitative estimate of drug-likeness (QED) is 0.882. The van der Waals surface area contributed by atoms with Gasteiger partial charge in [-0.25, -0.2) is 4.98 Å². The largest absolute Gasteiger partial charge is 0.354 e. The lowest BCUT2D eigenvalue weighted by molar-refractivity contribution is -0.118. The van der Waals surface area contributed by atoms with Gasteiger partial charge in [0, 0.05) is 16.1 Å². The summed E-state index contributed by atoms with van der Waals surface area (Å²) in [5, 5.41) is 6.00. The maximum absolute atomic E-state index is 11.6. The molecule has 4 nitrogen and oxygen atoms in total. The molecule has 1 heterocycles. The molecule has 0 saturated carbocycles. The SMILES string of the molecule is CC(C)C(=O)Nc1ccc(Nc2cccc(Br)c2)cn1. The molecule has 0 aliphatic carbocycles. The van der Waals surface area contributed by atoms with E-state index >= 15 is 0 Å². The Labute approximate surface area is 126 Å². The van der Waals surface area contributed by atoms with E-state index in [0.717, 1.165) is 15.8 Å². The lowest BCUT2D eigenvalue weighted by Gasteiger charge is -2.09. The molecule has 1 aromatic carbocycles. The lowest BCUT2D eigenvalue weighted by Crippen LogP contribution is -2.18. The fourth-order valence-corrected chi connectivity index (χ4v) is 1.94. The van der Waals surface area contributed by atoms with Gasteiger partial charge in [-0.1, -0.05) is 35.8 Å². The highest BCUT2D eigenvalue weighted by atomic mass is 79.9. The number of nitrogens with zero attached hydrogens (tertiary/aromatic N) is 1. The summed E-state index contributed by atoms with van der Waals surface area (Å²) in [6.07, 6.45) is 1.69. The maximum Gasteiger partial charge on any atom is 0.228 e. The molecule has 2 N–H and O–H groups in total. The molecule has 0 radical (unpaired) electrons. The minimum atomic E-state index is -0.0590. The lowest BCUT2D eigenvalue weighted by atomic mass is 10.2. The highest BCUT2D eigenvalue weighted by Crippen LogP contribution is 2.20. The van der Waals surface area contributed by atoms with Crippen molar-refractivity contribution < 1.29 is 4.79 Å². The predicted octanol–water partition coefficient (Wildman–Crippen LogP) is 4.18. The average molecular weight is 334 g/mol. The third kappa shape index (κ3) is 4.06. The van der Waals surface area contributed by atoms with Crippen LogP contribution in [0.1, 0.15) is 13.8 Å². The summed E-state index contributed by atoms with van der Waals surface area (Å²) in [6, 6.07) is 11.5. The number of anilines is 3. The van der Waals surface area contributed by atoms with Crippen molar-refractivity contribution in [2.75, 3.05) is 10.6 Å². The van der Waals surface area contributed by atoms with E-state index in [1.165, 1.54) is 0 Å². The second-order valence-corrected chi connectivity index (χ2v) is 5.63. The summed E-state index contributed by atoms with van der Waals surface area (Å²) in [7, 11) is 0. The van der Waals surface area contributed by atoms with Gasteiger partial charge in [-0.3, -0.25) is 4.79 Å². The van der Waals surface area contributed by atoms with Crippen LogP contribution in [0.4, 0.5) is 17.2 Å². The highest BCUT2D eigenvalue weighted by molar-refractivity contribution is 9.10. The molecule has 0 unspecified atom stereocenters. The molecule has 0 bridgehead atoms. The zero-order valence-corrected chi connectivity index (χ0v) is 12.9. The van der Waals surface area contributed by atoms with Crippen LogP contribution in [0.2, 0.25) is 0 Å². The van der Waals surface area contributed by atoms with E-state index in [4.69, 9.17) is 0 Å². The van der Waals surface area contributed by atoms with Crippen LogP contribution in [0.25, 0.3) is 0 Å². The molecule has 104 valence electrons. The molecule has 2 aromatic rings. The molecule has 2 rings (SSSR count). The van der Waals surface area contributed by atoms with Crippen LogP contribution >= 0.6 is 15.9 Å². The van der Waals surface area contributed by atoms with Gasteiger partial charge in [0.1, 0.15) is 5.82 Å². The zero-order chi connectivity index (χ0) is 14.5. The number of rotatable bonds is 4. The molecule has 0 aliphatic rings. The monoisotopic (exact) mass is 333 g/mol. The number of nitrogens with one attached hydrogen (secondary N) is 2. The Kier molecular flexibility index (Phi) is 4.74. The summed E-state index contributed by atoms with van der Waals surface area (Å²) in [5.74, 6) is 0.463. The molecule has 0 saturated heterocycles. The predicted molar refractivity (Wildman–Crippen MR) is 85.1 cm³/mol. The van der Waals surface area contributed by atoms with Gasteiger partial charge < -0.3 is 10.6 Å². The smallest absolute Gasteiger partial charge is 0.228 e. The van der Waals surface area contributed by atoms with Crippen molar-refractivity contribution in [3.63, 3.8) is 0 Å². The van der Waals surface area contributed by atoms with Crippen molar-refractivity contribution in [3.8, 4) is 0 Å². The third-order valence-electron chi connectivity index (χ3n) is 2.65. The van der Waals surface area contributed by atoms with Gasteiger partial charge in [0.2, 0.25) is 5.91 Å². The molecule has 1 amide bonds. The van der Waals surface area contributed by atoms with Crippen LogP contribution in [-0.4, -0.2) is 10.9 Å². The van der Waals surface area contributed by atoms with Crippen molar-refractivity contribution in [1.29, 1.82) is 0 Å². The van der Waals surface area contributed by atoms with E-state index in [2.05, 4.69) is 31.5 Å². The number of hydrogen-bond donors (Lipinski definition) is 2. The molecule has 0 aliphatic heterocycles. The van der Waals surface area contributed by atoms with E-state index in [0.29, 0.717) is 5.82 Å². The summed E-state index contributed by atoms with van der Waals surface area (Å²) in [5.41, 5.74) is 1.84. The standard InChI is InChI=1S/C15H16BrN3O/c1-10(2)15(20)19-14-7-6-13(9-17-14)18-12-5-3-4-11(16)8-12/h3-10,18H,1-2H3,(H,17,19,20). The number of carbonyl (C=O) groups is 1. The number of benzene rings is 1. The summed E-state index contributed by atoms with van der Waals surface area (Å²) in [6.45, 7) is 3.69. The number of amides is 1. The van der Waals surface area contributed by atoms with Crippen LogP contribution in [0.15, 0.2) is 47.1 Å². The number of aromatic nitrogens is 1. The van der Waals surface area contributed by atoms with Gasteiger partial charge in [0.25, 0.3) is 0 Å². The second-order valence-electron chi connectivity index (χ2n) is 4.71. The first-order chi connectivity index (χ1) is 9.54. The van der Waals surface area contributed by atoms with Crippen LogP contribution in [0, 0.1) is 5.92 Å². The highest BCUT2D eigenvalue weighted by Gasteiger charge is 2.07. The van der Waals surface area contributed by atoms with Gasteiger partial charge in [0.15, 0.2) is 0 Å². The molecular weight excluding hydrogens is 318 g/mol. The van der Waals surface area contributed by atoms with E-state index in [1.54, 1.807) is 12.3 Å². The van der Waals surface area contributed by atoms with Gasteiger partial charge in [-0.2, -0.15) is 0 Å². The fourth-order valence-electron chi connectivity index (χ4n) is 1.55. The maximum atomic E-state index is 11.6. The Morgan fingerprint density at radius 1 is 1.20 bits per heavy atom. The molecule has 1 aromatic heterocycles. The summed E-state index contributed by atoms with van der Waals surface area (Å²) < 4.78 is 1.01. The third-order valence-corrected chi connectivity index (χ3v) is 3.15. The number of hydrogen-bond acceptors (Lipinski definition) is 3. The van der Waals surface area contributed by atoms with Crippen molar-refractivity contribution in [1.82, 2.24) is 4.98 Å². The minimum Gasteiger partial charge on any atom is -0.354 e. The van der Waals surface area contributed by atoms with Gasteiger partial charge in [-0.15, -0.1) is 0 Å². The van der Waals surface area contributed by atoms with Gasteiger partial charge in [0.05, 0.1) is 11.9 Å². The molecule has 0 fully saturated rings. The Bertz CT molecular complexity index is 596. The van der Waals surface area contributed by atoms with Crippen molar-refractivity contribution in [2.45, 2.75) is 13.8 Å². The van der Waals surface area contributed by atoms with Crippen molar-refractivity contribution in [2.24, 2.45) is 5.92 Å². The molecular formula is C15H16BrN3O. The second kappa shape index (κ2) is 6.52. The van der Waals surface area contributed by atoms with Crippen LogP contribution in [0.5, 0.6) is 0 Å². The normalized spacial score (nSPS) is 10.4. The number of pyridine rings is 1. The fraction of sp³-hybridized carbons (Fsp3) is 0.200. The first-order valence-electron chi connectivity index (χ1n) is 6.34. The van der Waals surface area contributed by atoms with Crippen LogP contribution < -0.4 is 10.6 Å². The Hall–Kier alpha value is -1.88. The van der Waals surface area contributed by atoms with Crippen molar-refractivity contribution >= 4 is 39.0 Å². The Morgan fingerprint density at radius 3 is 2.60 bits per heavy atom. The zero-order valence-electron chi connectivity index (χ0n) is 11.4. The summed E-state index contributed by atoms with van der Waals surface area (Å²) >= 11 is 3.42. The first-order valence-corrected chi connectivity index (χ1v) is 7.13. The number of halogens is 1. The van der Waals surface area contributed by atoms with E-state index in [1.807, 2.05) is 44.2 Å². The summed E-state index contributed by atoms with van der Waals surface area (Å²) in [4.78, 5) is 15.8. The first kappa shape index (κ1) is 14.5. The Morgan fingerprint density at radius 2 is 2.00 bits per heavy atom. The minimum absolute atomic E-state index is 0.0369. The average Bonchev–Trinajstić information content (AvgIpc) is 2.41. The molecule has 5 heteroatoms. The van der Waals surface area contributed by atoms with Gasteiger partial charge >= 0.3 is 0 Å². The van der Waals surface area contributed by atoms with Crippen LogP contribution in [0.3, 0.4) is 0 Å². The molecule has 0 atom stereocenters. The number of carbonyl (C=O) groups excluding carboxylic acids is 1. The van der Waals surface area contributed by atoms with Crippen LogP contribution in [-0.2, 0) is 4.79 Å². The van der Waals surface area contributed by atoms with Gasteiger partial charge in [-0.05, 0) is 30.3 Å². The Balaban J connectivity index is 2.03. The molecule has 0 spiro atoms. The van der Waals surface area contributed by atoms with Crippen molar-refractivity contribution in [3.05, 3.63) is 47.1 Å².